The first-order chi connectivity index (χ1) is 12.0. The van der Waals surface area contributed by atoms with E-state index in [1.807, 2.05) is 14.0 Å². The van der Waals surface area contributed by atoms with Gasteiger partial charge in [0.15, 0.2) is 5.96 Å². The zero-order valence-electron chi connectivity index (χ0n) is 17.0. The fraction of sp³-hybridized carbons (Fsp3) is 0.789. The Kier molecular flexibility index (Phi) is 11.0. The molecule has 0 radical (unpaired) electrons. The number of aryl methyl sites for hydroxylation is 1. The Morgan fingerprint density at radius 3 is 2.62 bits per heavy atom. The molecule has 1 aliphatic rings. The van der Waals surface area contributed by atoms with Crippen LogP contribution in [0.25, 0.3) is 0 Å². The second kappa shape index (κ2) is 12.1. The first-order valence-corrected chi connectivity index (χ1v) is 10.4. The van der Waals surface area contributed by atoms with Gasteiger partial charge in [-0.1, -0.05) is 13.8 Å². The zero-order chi connectivity index (χ0) is 18.2. The number of thiazole rings is 1. The maximum absolute atomic E-state index is 4.53. The van der Waals surface area contributed by atoms with Crippen LogP contribution in [-0.4, -0.2) is 61.0 Å². The summed E-state index contributed by atoms with van der Waals surface area (Å²) in [4.78, 5) is 13.7. The van der Waals surface area contributed by atoms with E-state index in [4.69, 9.17) is 0 Å². The van der Waals surface area contributed by atoms with Crippen LogP contribution in [0.1, 0.15) is 43.8 Å². The van der Waals surface area contributed by atoms with Crippen LogP contribution in [0.4, 0.5) is 0 Å². The third kappa shape index (κ3) is 8.08. The molecule has 0 amide bonds. The molecule has 2 unspecified atom stereocenters. The van der Waals surface area contributed by atoms with Gasteiger partial charge in [0.1, 0.15) is 0 Å². The molecule has 0 aliphatic carbocycles. The average Bonchev–Trinajstić information content (AvgIpc) is 2.94. The number of rotatable bonds is 7. The van der Waals surface area contributed by atoms with Crippen molar-refractivity contribution in [1.82, 2.24) is 20.1 Å². The molecule has 0 bridgehead atoms. The van der Waals surface area contributed by atoms with Gasteiger partial charge in [-0.05, 0) is 44.6 Å². The lowest BCUT2D eigenvalue weighted by atomic mass is 9.92. The number of aromatic nitrogens is 1. The molecule has 1 fully saturated rings. The van der Waals surface area contributed by atoms with E-state index in [9.17, 15) is 0 Å². The van der Waals surface area contributed by atoms with Crippen LogP contribution < -0.4 is 5.32 Å². The Hall–Kier alpha value is -0.410. The third-order valence-corrected chi connectivity index (χ3v) is 5.59. The molecule has 0 aromatic carbocycles. The molecule has 0 saturated carbocycles. The normalized spacial score (nSPS) is 21.3. The molecule has 1 saturated heterocycles. The van der Waals surface area contributed by atoms with Crippen molar-refractivity contribution >= 4 is 41.3 Å². The van der Waals surface area contributed by atoms with Crippen molar-refractivity contribution < 1.29 is 0 Å². The number of aliphatic imine (C=N–C) groups is 1. The SMILES string of the molecule is CN=C(NCCCCN1CC(C)CC(C)C1)N(C)Cc1csc(C)n1.I. The summed E-state index contributed by atoms with van der Waals surface area (Å²) in [7, 11) is 3.92. The van der Waals surface area contributed by atoms with Crippen molar-refractivity contribution in [1.29, 1.82) is 0 Å². The van der Waals surface area contributed by atoms with E-state index in [1.54, 1.807) is 11.3 Å². The molecular formula is C19H36IN5S. The van der Waals surface area contributed by atoms with Crippen LogP contribution in [0.15, 0.2) is 10.4 Å². The molecular weight excluding hydrogens is 457 g/mol. The van der Waals surface area contributed by atoms with Crippen LogP contribution in [0.5, 0.6) is 0 Å². The van der Waals surface area contributed by atoms with Gasteiger partial charge in [0, 0.05) is 39.1 Å². The van der Waals surface area contributed by atoms with E-state index in [-0.39, 0.29) is 24.0 Å². The largest absolute Gasteiger partial charge is 0.356 e. The van der Waals surface area contributed by atoms with Gasteiger partial charge < -0.3 is 15.1 Å². The lowest BCUT2D eigenvalue weighted by Gasteiger charge is -2.35. The summed E-state index contributed by atoms with van der Waals surface area (Å²) in [6.07, 6.45) is 3.82. The molecule has 2 rings (SSSR count). The Morgan fingerprint density at radius 1 is 1.35 bits per heavy atom. The molecule has 1 aromatic rings. The Balaban J connectivity index is 0.00000338. The smallest absolute Gasteiger partial charge is 0.193 e. The predicted molar refractivity (Wildman–Crippen MR) is 124 cm³/mol. The third-order valence-electron chi connectivity index (χ3n) is 4.77. The number of unbranched alkanes of at least 4 members (excludes halogenated alkanes) is 1. The lowest BCUT2D eigenvalue weighted by Crippen LogP contribution is -2.40. The van der Waals surface area contributed by atoms with E-state index >= 15 is 0 Å². The van der Waals surface area contributed by atoms with Gasteiger partial charge in [-0.15, -0.1) is 35.3 Å². The van der Waals surface area contributed by atoms with Gasteiger partial charge in [0.05, 0.1) is 17.2 Å². The standard InChI is InChI=1S/C19H35N5S.HI/c1-15-10-16(2)12-24(11-15)9-7-6-8-21-19(20-4)23(5)13-18-14-25-17(3)22-18;/h14-16H,6-13H2,1-5H3,(H,20,21);1H. The fourth-order valence-corrected chi connectivity index (χ4v) is 4.42. The van der Waals surface area contributed by atoms with Crippen LogP contribution in [0.2, 0.25) is 0 Å². The quantitative estimate of drug-likeness (QED) is 0.272. The summed E-state index contributed by atoms with van der Waals surface area (Å²) in [6.45, 7) is 12.4. The van der Waals surface area contributed by atoms with Crippen molar-refractivity contribution in [3.8, 4) is 0 Å². The van der Waals surface area contributed by atoms with E-state index in [0.29, 0.717) is 0 Å². The van der Waals surface area contributed by atoms with Crippen molar-refractivity contribution in [3.63, 3.8) is 0 Å². The monoisotopic (exact) mass is 493 g/mol. The number of hydrogen-bond donors (Lipinski definition) is 1. The van der Waals surface area contributed by atoms with E-state index < -0.39 is 0 Å². The number of halogens is 1. The molecule has 26 heavy (non-hydrogen) atoms. The number of guanidine groups is 1. The summed E-state index contributed by atoms with van der Waals surface area (Å²) < 4.78 is 0. The molecule has 5 nitrogen and oxygen atoms in total. The summed E-state index contributed by atoms with van der Waals surface area (Å²) in [5.74, 6) is 2.65. The van der Waals surface area contributed by atoms with Crippen molar-refractivity contribution in [3.05, 3.63) is 16.1 Å². The van der Waals surface area contributed by atoms with E-state index in [0.717, 1.165) is 41.6 Å². The Labute approximate surface area is 180 Å². The minimum absolute atomic E-state index is 0. The van der Waals surface area contributed by atoms with E-state index in [2.05, 4.69) is 51.4 Å². The summed E-state index contributed by atoms with van der Waals surface area (Å²) in [5.41, 5.74) is 1.11. The minimum Gasteiger partial charge on any atom is -0.356 e. The predicted octanol–water partition coefficient (Wildman–Crippen LogP) is 3.83. The lowest BCUT2D eigenvalue weighted by molar-refractivity contribution is 0.139. The first-order valence-electron chi connectivity index (χ1n) is 9.53. The van der Waals surface area contributed by atoms with Gasteiger partial charge in [-0.25, -0.2) is 4.98 Å². The average molecular weight is 494 g/mol. The zero-order valence-corrected chi connectivity index (χ0v) is 20.1. The first kappa shape index (κ1) is 23.6. The van der Waals surface area contributed by atoms with Gasteiger partial charge in [0.2, 0.25) is 0 Å². The van der Waals surface area contributed by atoms with E-state index in [1.165, 1.54) is 38.9 Å². The second-order valence-corrected chi connectivity index (χ2v) is 8.66. The maximum atomic E-state index is 4.53. The van der Waals surface area contributed by atoms with Crippen LogP contribution in [-0.2, 0) is 6.54 Å². The van der Waals surface area contributed by atoms with Crippen LogP contribution in [0, 0.1) is 18.8 Å². The molecule has 150 valence electrons. The van der Waals surface area contributed by atoms with Crippen molar-refractivity contribution in [2.24, 2.45) is 16.8 Å². The number of nitrogens with one attached hydrogen (secondary N) is 1. The van der Waals surface area contributed by atoms with Crippen LogP contribution >= 0.6 is 35.3 Å². The highest BCUT2D eigenvalue weighted by Gasteiger charge is 2.20. The molecule has 2 atom stereocenters. The topological polar surface area (TPSA) is 43.8 Å². The second-order valence-electron chi connectivity index (χ2n) is 7.60. The summed E-state index contributed by atoms with van der Waals surface area (Å²) in [5, 5.41) is 6.73. The van der Waals surface area contributed by atoms with Gasteiger partial charge in [0.25, 0.3) is 0 Å². The number of hydrogen-bond acceptors (Lipinski definition) is 4. The van der Waals surface area contributed by atoms with Gasteiger partial charge in [-0.2, -0.15) is 0 Å². The Morgan fingerprint density at radius 2 is 2.04 bits per heavy atom. The summed E-state index contributed by atoms with van der Waals surface area (Å²) in [6, 6.07) is 0. The highest BCUT2D eigenvalue weighted by Crippen LogP contribution is 2.20. The van der Waals surface area contributed by atoms with Crippen molar-refractivity contribution in [2.45, 2.75) is 46.6 Å². The Bertz CT molecular complexity index is 538. The number of piperidine rings is 1. The molecule has 7 heteroatoms. The molecule has 2 heterocycles. The van der Waals surface area contributed by atoms with Crippen molar-refractivity contribution in [2.75, 3.05) is 40.3 Å². The highest BCUT2D eigenvalue weighted by molar-refractivity contribution is 14.0. The van der Waals surface area contributed by atoms with Gasteiger partial charge in [-0.3, -0.25) is 4.99 Å². The van der Waals surface area contributed by atoms with Crippen LogP contribution in [0.3, 0.4) is 0 Å². The maximum Gasteiger partial charge on any atom is 0.193 e. The minimum atomic E-state index is 0. The highest BCUT2D eigenvalue weighted by atomic mass is 127. The molecule has 1 aliphatic heterocycles. The molecule has 0 spiro atoms. The fourth-order valence-electron chi connectivity index (χ4n) is 3.82. The molecule has 1 aromatic heterocycles. The van der Waals surface area contributed by atoms with Gasteiger partial charge >= 0.3 is 0 Å². The number of nitrogens with zero attached hydrogens (tertiary/aromatic N) is 4. The molecule has 1 N–H and O–H groups in total. The number of likely N-dealkylation sites (tertiary alicyclic amines) is 1. The summed E-state index contributed by atoms with van der Waals surface area (Å²) >= 11 is 1.70.